The predicted molar refractivity (Wildman–Crippen MR) is 77.5 cm³/mol. The quantitative estimate of drug-likeness (QED) is 0.585. The average molecular weight is 342 g/mol. The van der Waals surface area contributed by atoms with Gasteiger partial charge in [-0.2, -0.15) is 0 Å². The van der Waals surface area contributed by atoms with Crippen LogP contribution in [0.5, 0.6) is 11.5 Å². The molecule has 0 aliphatic heterocycles. The standard InChI is InChI=1S/C13H11IOS/c1-16-13-8-6-12(7-9-13)15-11-4-2-10(14)3-5-11/h2-9H,1H3. The van der Waals surface area contributed by atoms with Gasteiger partial charge in [-0.05, 0) is 77.4 Å². The average Bonchev–Trinajstić information content (AvgIpc) is 2.33. The SMILES string of the molecule is CSc1ccc(Oc2ccc(I)cc2)cc1. The first-order valence-corrected chi connectivity index (χ1v) is 7.16. The number of hydrogen-bond acceptors (Lipinski definition) is 2. The first kappa shape index (κ1) is 11.8. The van der Waals surface area contributed by atoms with Gasteiger partial charge in [0.25, 0.3) is 0 Å². The second kappa shape index (κ2) is 5.59. The lowest BCUT2D eigenvalue weighted by atomic mass is 10.3. The fourth-order valence-corrected chi connectivity index (χ4v) is 2.05. The van der Waals surface area contributed by atoms with E-state index in [9.17, 15) is 0 Å². The van der Waals surface area contributed by atoms with Gasteiger partial charge in [0.1, 0.15) is 11.5 Å². The van der Waals surface area contributed by atoms with Gasteiger partial charge in [-0.1, -0.05) is 0 Å². The summed E-state index contributed by atoms with van der Waals surface area (Å²) in [4.78, 5) is 1.25. The van der Waals surface area contributed by atoms with Gasteiger partial charge < -0.3 is 4.74 Å². The Hall–Kier alpha value is -0.680. The molecule has 0 unspecified atom stereocenters. The van der Waals surface area contributed by atoms with Crippen LogP contribution in [0.1, 0.15) is 0 Å². The molecule has 0 aliphatic carbocycles. The largest absolute Gasteiger partial charge is 0.457 e. The molecule has 0 atom stereocenters. The van der Waals surface area contributed by atoms with Crippen LogP contribution in [0, 0.1) is 3.57 Å². The summed E-state index contributed by atoms with van der Waals surface area (Å²) < 4.78 is 6.93. The molecule has 0 aromatic heterocycles. The van der Waals surface area contributed by atoms with E-state index in [1.165, 1.54) is 8.47 Å². The fraction of sp³-hybridized carbons (Fsp3) is 0.0769. The molecule has 0 spiro atoms. The van der Waals surface area contributed by atoms with E-state index in [4.69, 9.17) is 4.74 Å². The molecular weight excluding hydrogens is 331 g/mol. The van der Waals surface area contributed by atoms with Gasteiger partial charge >= 0.3 is 0 Å². The first-order chi connectivity index (χ1) is 7.78. The Morgan fingerprint density at radius 2 is 1.38 bits per heavy atom. The van der Waals surface area contributed by atoms with Crippen LogP contribution in [0.25, 0.3) is 0 Å². The lowest BCUT2D eigenvalue weighted by Gasteiger charge is -2.06. The summed E-state index contributed by atoms with van der Waals surface area (Å²) in [5.41, 5.74) is 0. The van der Waals surface area contributed by atoms with Crippen molar-refractivity contribution < 1.29 is 4.74 Å². The van der Waals surface area contributed by atoms with Crippen molar-refractivity contribution in [3.8, 4) is 11.5 Å². The Kier molecular flexibility index (Phi) is 4.12. The Labute approximate surface area is 113 Å². The maximum Gasteiger partial charge on any atom is 0.127 e. The summed E-state index contributed by atoms with van der Waals surface area (Å²) in [6, 6.07) is 16.1. The zero-order chi connectivity index (χ0) is 11.4. The molecule has 2 aromatic carbocycles. The van der Waals surface area contributed by atoms with E-state index in [0.29, 0.717) is 0 Å². The molecule has 16 heavy (non-hydrogen) atoms. The van der Waals surface area contributed by atoms with Crippen molar-refractivity contribution in [2.75, 3.05) is 6.26 Å². The molecule has 0 fully saturated rings. The molecule has 0 heterocycles. The zero-order valence-electron chi connectivity index (χ0n) is 8.81. The highest BCUT2D eigenvalue weighted by atomic mass is 127. The summed E-state index contributed by atoms with van der Waals surface area (Å²) in [5.74, 6) is 1.75. The third-order valence-corrected chi connectivity index (χ3v) is 3.57. The van der Waals surface area contributed by atoms with Crippen molar-refractivity contribution in [3.05, 3.63) is 52.1 Å². The number of rotatable bonds is 3. The summed E-state index contributed by atoms with van der Waals surface area (Å²) in [5, 5.41) is 0. The van der Waals surface area contributed by atoms with E-state index < -0.39 is 0 Å². The topological polar surface area (TPSA) is 9.23 Å². The maximum absolute atomic E-state index is 5.72. The van der Waals surface area contributed by atoms with E-state index in [1.54, 1.807) is 11.8 Å². The van der Waals surface area contributed by atoms with Gasteiger partial charge in [-0.25, -0.2) is 0 Å². The minimum Gasteiger partial charge on any atom is -0.457 e. The molecule has 0 aliphatic rings. The van der Waals surface area contributed by atoms with E-state index in [-0.39, 0.29) is 0 Å². The third kappa shape index (κ3) is 3.15. The van der Waals surface area contributed by atoms with Crippen LogP contribution in [-0.4, -0.2) is 6.26 Å². The van der Waals surface area contributed by atoms with Gasteiger partial charge in [-0.15, -0.1) is 11.8 Å². The number of thioether (sulfide) groups is 1. The third-order valence-electron chi connectivity index (χ3n) is 2.11. The minimum absolute atomic E-state index is 0.873. The first-order valence-electron chi connectivity index (χ1n) is 4.85. The van der Waals surface area contributed by atoms with E-state index in [1.807, 2.05) is 36.4 Å². The molecule has 1 nitrogen and oxygen atoms in total. The molecule has 0 bridgehead atoms. The molecule has 3 heteroatoms. The Morgan fingerprint density at radius 1 is 0.875 bits per heavy atom. The van der Waals surface area contributed by atoms with Gasteiger partial charge in [0, 0.05) is 8.47 Å². The van der Waals surface area contributed by atoms with Crippen LogP contribution < -0.4 is 4.74 Å². The van der Waals surface area contributed by atoms with Crippen molar-refractivity contribution >= 4 is 34.4 Å². The van der Waals surface area contributed by atoms with Gasteiger partial charge in [0.15, 0.2) is 0 Å². The number of halogens is 1. The summed E-state index contributed by atoms with van der Waals surface area (Å²) in [6.07, 6.45) is 2.06. The highest BCUT2D eigenvalue weighted by Crippen LogP contribution is 2.24. The molecule has 0 radical (unpaired) electrons. The summed E-state index contributed by atoms with van der Waals surface area (Å²) in [6.45, 7) is 0. The van der Waals surface area contributed by atoms with Crippen molar-refractivity contribution in [2.24, 2.45) is 0 Å². The number of ether oxygens (including phenoxy) is 1. The van der Waals surface area contributed by atoms with Crippen LogP contribution in [0.4, 0.5) is 0 Å². The lowest BCUT2D eigenvalue weighted by Crippen LogP contribution is -1.83. The van der Waals surface area contributed by atoms with Gasteiger partial charge in [-0.3, -0.25) is 0 Å². The Bertz CT molecular complexity index is 450. The predicted octanol–water partition coefficient (Wildman–Crippen LogP) is 4.81. The van der Waals surface area contributed by atoms with Crippen LogP contribution >= 0.6 is 34.4 Å². The van der Waals surface area contributed by atoms with E-state index in [0.717, 1.165) is 11.5 Å². The molecule has 2 aromatic rings. The van der Waals surface area contributed by atoms with Crippen LogP contribution in [0.15, 0.2) is 53.4 Å². The molecule has 0 amide bonds. The van der Waals surface area contributed by atoms with Crippen LogP contribution in [0.2, 0.25) is 0 Å². The lowest BCUT2D eigenvalue weighted by molar-refractivity contribution is 0.482. The Morgan fingerprint density at radius 3 is 1.88 bits per heavy atom. The monoisotopic (exact) mass is 342 g/mol. The summed E-state index contributed by atoms with van der Waals surface area (Å²) in [7, 11) is 0. The minimum atomic E-state index is 0.873. The molecular formula is C13H11IOS. The number of benzene rings is 2. The fourth-order valence-electron chi connectivity index (χ4n) is 1.28. The van der Waals surface area contributed by atoms with Crippen LogP contribution in [-0.2, 0) is 0 Å². The molecule has 82 valence electrons. The maximum atomic E-state index is 5.72. The van der Waals surface area contributed by atoms with Gasteiger partial charge in [0.05, 0.1) is 0 Å². The second-order valence-electron chi connectivity index (χ2n) is 3.23. The molecule has 2 rings (SSSR count). The van der Waals surface area contributed by atoms with Crippen molar-refractivity contribution in [2.45, 2.75) is 4.90 Å². The van der Waals surface area contributed by atoms with E-state index in [2.05, 4.69) is 41.0 Å². The smallest absolute Gasteiger partial charge is 0.127 e. The highest BCUT2D eigenvalue weighted by Gasteiger charge is 1.97. The van der Waals surface area contributed by atoms with Crippen molar-refractivity contribution in [1.29, 1.82) is 0 Å². The van der Waals surface area contributed by atoms with Crippen molar-refractivity contribution in [3.63, 3.8) is 0 Å². The van der Waals surface area contributed by atoms with E-state index >= 15 is 0 Å². The highest BCUT2D eigenvalue weighted by molar-refractivity contribution is 14.1. The normalized spacial score (nSPS) is 10.1. The number of hydrogen-bond donors (Lipinski definition) is 0. The van der Waals surface area contributed by atoms with Crippen LogP contribution in [0.3, 0.4) is 0 Å². The second-order valence-corrected chi connectivity index (χ2v) is 5.36. The molecule has 0 saturated carbocycles. The zero-order valence-corrected chi connectivity index (χ0v) is 11.8. The van der Waals surface area contributed by atoms with Gasteiger partial charge in [0.2, 0.25) is 0 Å². The molecule has 0 N–H and O–H groups in total. The molecule has 0 saturated heterocycles. The Balaban J connectivity index is 2.11. The van der Waals surface area contributed by atoms with Crippen molar-refractivity contribution in [1.82, 2.24) is 0 Å². The summed E-state index contributed by atoms with van der Waals surface area (Å²) >= 11 is 4.01.